The number of sulfonamides is 1. The summed E-state index contributed by atoms with van der Waals surface area (Å²) in [6, 6.07) is 7.91. The van der Waals surface area contributed by atoms with E-state index in [4.69, 9.17) is 0 Å². The molecule has 0 bridgehead atoms. The Labute approximate surface area is 242 Å². The van der Waals surface area contributed by atoms with Gasteiger partial charge in [0.15, 0.2) is 9.34 Å². The molecule has 15 heteroatoms. The Bertz CT molecular complexity index is 1670. The van der Waals surface area contributed by atoms with E-state index in [1.54, 1.807) is 19.6 Å². The van der Waals surface area contributed by atoms with Crippen LogP contribution in [0.25, 0.3) is 22.2 Å². The molecule has 216 valence electrons. The summed E-state index contributed by atoms with van der Waals surface area (Å²) in [5, 5.41) is 7.02. The number of aryl methyl sites for hydroxylation is 2. The SMILES string of the molecule is COC(=O)Nc1nc(C)c(S(=O)(=O)N2CCN(CC(C)Nc3ncnc4c(-c5cc(C)ncn5)cccc34)CC2)s1. The van der Waals surface area contributed by atoms with Crippen LogP contribution in [-0.4, -0.2) is 94.5 Å². The first-order chi connectivity index (χ1) is 19.7. The molecule has 0 spiro atoms. The van der Waals surface area contributed by atoms with Crippen molar-refractivity contribution in [1.82, 2.24) is 34.1 Å². The fourth-order valence-corrected chi connectivity index (χ4v) is 7.72. The van der Waals surface area contributed by atoms with Crippen LogP contribution in [0, 0.1) is 13.8 Å². The van der Waals surface area contributed by atoms with Crippen molar-refractivity contribution in [3.05, 3.63) is 48.3 Å². The summed E-state index contributed by atoms with van der Waals surface area (Å²) in [6.07, 6.45) is 2.40. The molecule has 1 aliphatic rings. The number of methoxy groups -OCH3 is 1. The van der Waals surface area contributed by atoms with Crippen LogP contribution < -0.4 is 10.6 Å². The van der Waals surface area contributed by atoms with Gasteiger partial charge in [0, 0.05) is 55.4 Å². The van der Waals surface area contributed by atoms with Crippen LogP contribution in [0.15, 0.2) is 41.1 Å². The lowest BCUT2D eigenvalue weighted by Crippen LogP contribution is -2.50. The first-order valence-electron chi connectivity index (χ1n) is 13.0. The number of benzene rings is 1. The molecule has 1 unspecified atom stereocenters. The number of carbonyl (C=O) groups is 1. The molecule has 2 N–H and O–H groups in total. The Kier molecular flexibility index (Phi) is 8.40. The average molecular weight is 598 g/mol. The number of thiazole rings is 1. The molecule has 1 aliphatic heterocycles. The molecule has 0 saturated carbocycles. The average Bonchev–Trinajstić information content (AvgIpc) is 3.33. The second-order valence-corrected chi connectivity index (χ2v) is 12.9. The number of rotatable bonds is 8. The minimum atomic E-state index is -3.74. The van der Waals surface area contributed by atoms with Crippen molar-refractivity contribution in [3.63, 3.8) is 0 Å². The van der Waals surface area contributed by atoms with Crippen LogP contribution in [-0.2, 0) is 14.8 Å². The summed E-state index contributed by atoms with van der Waals surface area (Å²) in [5.74, 6) is 0.730. The van der Waals surface area contributed by atoms with E-state index in [-0.39, 0.29) is 15.4 Å². The fraction of sp³-hybridized carbons (Fsp3) is 0.385. The molecule has 1 amide bonds. The molecule has 41 heavy (non-hydrogen) atoms. The second kappa shape index (κ2) is 12.0. The van der Waals surface area contributed by atoms with Crippen LogP contribution in [0.5, 0.6) is 0 Å². The Morgan fingerprint density at radius 1 is 1.10 bits per heavy atom. The van der Waals surface area contributed by atoms with E-state index in [2.05, 4.69) is 52.1 Å². The van der Waals surface area contributed by atoms with Gasteiger partial charge in [-0.2, -0.15) is 4.31 Å². The first-order valence-corrected chi connectivity index (χ1v) is 15.3. The van der Waals surface area contributed by atoms with Gasteiger partial charge in [-0.25, -0.2) is 38.1 Å². The van der Waals surface area contributed by atoms with Gasteiger partial charge < -0.3 is 10.1 Å². The van der Waals surface area contributed by atoms with Crippen molar-refractivity contribution in [1.29, 1.82) is 0 Å². The van der Waals surface area contributed by atoms with Gasteiger partial charge >= 0.3 is 6.09 Å². The van der Waals surface area contributed by atoms with E-state index < -0.39 is 16.1 Å². The van der Waals surface area contributed by atoms with Crippen LogP contribution in [0.1, 0.15) is 18.3 Å². The monoisotopic (exact) mass is 597 g/mol. The van der Waals surface area contributed by atoms with E-state index in [1.807, 2.05) is 31.2 Å². The molecule has 1 aromatic carbocycles. The predicted octanol–water partition coefficient (Wildman–Crippen LogP) is 3.15. The molecule has 13 nitrogen and oxygen atoms in total. The van der Waals surface area contributed by atoms with Crippen molar-refractivity contribution in [2.75, 3.05) is 50.5 Å². The lowest BCUT2D eigenvalue weighted by Gasteiger charge is -2.35. The smallest absolute Gasteiger partial charge is 0.413 e. The zero-order valence-corrected chi connectivity index (χ0v) is 24.8. The molecule has 1 atom stereocenters. The molecule has 5 rings (SSSR count). The van der Waals surface area contributed by atoms with Gasteiger partial charge in [0.1, 0.15) is 18.5 Å². The van der Waals surface area contributed by atoms with Gasteiger partial charge in [-0.05, 0) is 32.9 Å². The number of fused-ring (bicyclic) bond motifs is 1. The third kappa shape index (κ3) is 6.27. The number of nitrogens with zero attached hydrogens (tertiary/aromatic N) is 7. The summed E-state index contributed by atoms with van der Waals surface area (Å²) < 4.78 is 32.8. The van der Waals surface area contributed by atoms with Crippen LogP contribution in [0.4, 0.5) is 15.7 Å². The lowest BCUT2D eigenvalue weighted by molar-refractivity contribution is 0.184. The number of carbonyl (C=O) groups excluding carboxylic acids is 1. The normalized spacial score (nSPS) is 15.5. The van der Waals surface area contributed by atoms with Gasteiger partial charge in [0.2, 0.25) is 0 Å². The van der Waals surface area contributed by atoms with Crippen molar-refractivity contribution < 1.29 is 17.9 Å². The topological polar surface area (TPSA) is 155 Å². The number of hydrogen-bond acceptors (Lipinski definition) is 12. The maximum absolute atomic E-state index is 13.3. The summed E-state index contributed by atoms with van der Waals surface area (Å²) in [4.78, 5) is 35.5. The van der Waals surface area contributed by atoms with E-state index in [0.717, 1.165) is 45.0 Å². The van der Waals surface area contributed by atoms with Crippen LogP contribution >= 0.6 is 11.3 Å². The Hall–Kier alpha value is -3.79. The van der Waals surface area contributed by atoms with Crippen LogP contribution in [0.2, 0.25) is 0 Å². The van der Waals surface area contributed by atoms with E-state index in [9.17, 15) is 13.2 Å². The van der Waals surface area contributed by atoms with Crippen LogP contribution in [0.3, 0.4) is 0 Å². The summed E-state index contributed by atoms with van der Waals surface area (Å²) >= 11 is 0.922. The standard InChI is InChI=1S/C26H31N9O4S2/c1-16-12-21(28-14-27-16)19-6-5-7-20-22(19)29-15-30-23(20)31-17(2)13-34-8-10-35(11-9-34)41(37,38)24-18(3)32-25(40-24)33-26(36)39-4/h5-7,12,14-15,17H,8-11,13H2,1-4H3,(H,29,30,31)(H,32,33,36). The highest BCUT2D eigenvalue weighted by atomic mass is 32.2. The molecule has 1 saturated heterocycles. The number of amides is 1. The van der Waals surface area contributed by atoms with Gasteiger partial charge in [0.25, 0.3) is 10.0 Å². The molecule has 4 aromatic rings. The lowest BCUT2D eigenvalue weighted by atomic mass is 10.1. The van der Waals surface area contributed by atoms with Crippen molar-refractivity contribution >= 4 is 49.3 Å². The molecule has 3 aromatic heterocycles. The number of para-hydroxylation sites is 1. The minimum Gasteiger partial charge on any atom is -0.453 e. The van der Waals surface area contributed by atoms with Crippen molar-refractivity contribution in [2.45, 2.75) is 31.0 Å². The Morgan fingerprint density at radius 3 is 2.59 bits per heavy atom. The summed E-state index contributed by atoms with van der Waals surface area (Å²) in [5.41, 5.74) is 3.74. The molecule has 0 radical (unpaired) electrons. The number of hydrogen-bond donors (Lipinski definition) is 2. The number of piperazine rings is 1. The minimum absolute atomic E-state index is 0.0388. The zero-order chi connectivity index (χ0) is 29.1. The molecular formula is C26H31N9O4S2. The quantitative estimate of drug-likeness (QED) is 0.308. The van der Waals surface area contributed by atoms with Gasteiger partial charge in [-0.3, -0.25) is 10.2 Å². The van der Waals surface area contributed by atoms with Gasteiger partial charge in [-0.1, -0.05) is 23.5 Å². The highest BCUT2D eigenvalue weighted by Gasteiger charge is 2.32. The second-order valence-electron chi connectivity index (χ2n) is 9.73. The van der Waals surface area contributed by atoms with Gasteiger partial charge in [-0.15, -0.1) is 0 Å². The maximum atomic E-state index is 13.3. The van der Waals surface area contributed by atoms with E-state index in [1.165, 1.54) is 11.4 Å². The Morgan fingerprint density at radius 2 is 1.85 bits per heavy atom. The third-order valence-electron chi connectivity index (χ3n) is 6.71. The number of ether oxygens (including phenoxy) is 1. The predicted molar refractivity (Wildman–Crippen MR) is 156 cm³/mol. The van der Waals surface area contributed by atoms with Crippen molar-refractivity contribution in [3.8, 4) is 11.3 Å². The number of aromatic nitrogens is 5. The summed E-state index contributed by atoms with van der Waals surface area (Å²) in [6.45, 7) is 8.19. The first kappa shape index (κ1) is 28.7. The Balaban J connectivity index is 1.22. The molecule has 4 heterocycles. The largest absolute Gasteiger partial charge is 0.453 e. The van der Waals surface area contributed by atoms with E-state index in [0.29, 0.717) is 38.4 Å². The molecular weight excluding hydrogens is 566 g/mol. The zero-order valence-electron chi connectivity index (χ0n) is 23.2. The van der Waals surface area contributed by atoms with Gasteiger partial charge in [0.05, 0.1) is 24.0 Å². The van der Waals surface area contributed by atoms with E-state index >= 15 is 0 Å². The highest BCUT2D eigenvalue weighted by Crippen LogP contribution is 2.31. The van der Waals surface area contributed by atoms with Crippen molar-refractivity contribution in [2.24, 2.45) is 0 Å². The number of anilines is 2. The maximum Gasteiger partial charge on any atom is 0.413 e. The fourth-order valence-electron chi connectivity index (χ4n) is 4.76. The number of nitrogens with one attached hydrogen (secondary N) is 2. The molecule has 0 aliphatic carbocycles. The third-order valence-corrected chi connectivity index (χ3v) is 10.3. The molecule has 1 fully saturated rings. The summed E-state index contributed by atoms with van der Waals surface area (Å²) in [7, 11) is -2.51. The highest BCUT2D eigenvalue weighted by molar-refractivity contribution is 7.91.